The van der Waals surface area contributed by atoms with Crippen LogP contribution < -0.4 is 4.57 Å². The summed E-state index contributed by atoms with van der Waals surface area (Å²) in [6.45, 7) is 5.77. The Morgan fingerprint density at radius 2 is 1.40 bits per heavy atom. The molecule has 114 valence electrons. The predicted molar refractivity (Wildman–Crippen MR) is 87.9 cm³/mol. The fourth-order valence-corrected chi connectivity index (χ4v) is 2.75. The van der Waals surface area contributed by atoms with Crippen LogP contribution in [-0.2, 0) is 13.0 Å². The van der Waals surface area contributed by atoms with E-state index in [1.807, 2.05) is 0 Å². The molecule has 0 aliphatic heterocycles. The Balaban J connectivity index is 2.27. The van der Waals surface area contributed by atoms with Gasteiger partial charge in [-0.05, 0) is 12.8 Å². The van der Waals surface area contributed by atoms with Gasteiger partial charge in [-0.2, -0.15) is 0 Å². The number of unbranched alkanes of at least 4 members (excludes halogenated alkanes) is 8. The zero-order chi connectivity index (χ0) is 14.5. The molecule has 0 fully saturated rings. The van der Waals surface area contributed by atoms with Crippen LogP contribution >= 0.6 is 0 Å². The molecule has 1 heterocycles. The van der Waals surface area contributed by atoms with Gasteiger partial charge in [0.2, 0.25) is 0 Å². The minimum absolute atomic E-state index is 1.20. The first kappa shape index (κ1) is 17.2. The van der Waals surface area contributed by atoms with Crippen LogP contribution in [0.4, 0.5) is 0 Å². The first-order valence-electron chi connectivity index (χ1n) is 8.85. The summed E-state index contributed by atoms with van der Waals surface area (Å²) < 4.78 is 2.48. The van der Waals surface area contributed by atoms with Gasteiger partial charge in [-0.15, -0.1) is 0 Å². The lowest BCUT2D eigenvalue weighted by atomic mass is 10.1. The van der Waals surface area contributed by atoms with E-state index in [0.717, 1.165) is 0 Å². The van der Waals surface area contributed by atoms with Gasteiger partial charge >= 0.3 is 0 Å². The maximum Gasteiger partial charge on any atom is 0.181 e. The summed E-state index contributed by atoms with van der Waals surface area (Å²) >= 11 is 0. The molecular weight excluding hydrogens is 242 g/mol. The van der Waals surface area contributed by atoms with Crippen molar-refractivity contribution in [1.29, 1.82) is 0 Å². The van der Waals surface area contributed by atoms with Gasteiger partial charge in [-0.3, -0.25) is 0 Å². The second-order valence-corrected chi connectivity index (χ2v) is 5.96. The first-order valence-corrected chi connectivity index (χ1v) is 8.85. The van der Waals surface area contributed by atoms with E-state index in [2.05, 4.69) is 42.8 Å². The summed E-state index contributed by atoms with van der Waals surface area (Å²) in [6.07, 6.45) is 17.2. The summed E-state index contributed by atoms with van der Waals surface area (Å²) in [5, 5.41) is 0. The predicted octanol–water partition coefficient (Wildman–Crippen LogP) is 5.46. The zero-order valence-corrected chi connectivity index (χ0v) is 13.7. The Hall–Kier alpha value is -0.850. The first-order chi connectivity index (χ1) is 9.88. The molecule has 0 amide bonds. The van der Waals surface area contributed by atoms with Crippen molar-refractivity contribution in [3.8, 4) is 0 Å². The topological polar surface area (TPSA) is 3.88 Å². The van der Waals surface area contributed by atoms with Crippen molar-refractivity contribution in [1.82, 2.24) is 0 Å². The molecule has 0 radical (unpaired) electrons. The monoisotopic (exact) mass is 276 g/mol. The molecular formula is C19H34N+. The summed E-state index contributed by atoms with van der Waals surface area (Å²) in [5.41, 5.74) is 1.53. The minimum atomic E-state index is 1.20. The second kappa shape index (κ2) is 11.9. The van der Waals surface area contributed by atoms with Crippen LogP contribution in [0.2, 0.25) is 0 Å². The van der Waals surface area contributed by atoms with Crippen LogP contribution in [-0.4, -0.2) is 0 Å². The summed E-state index contributed by atoms with van der Waals surface area (Å²) in [7, 11) is 0. The average molecular weight is 276 g/mol. The minimum Gasteiger partial charge on any atom is -0.202 e. The molecule has 0 aliphatic carbocycles. The standard InChI is InChI=1S/C19H34N/c1-3-5-7-9-11-15-19-16-12-14-18-20(19)17-13-10-8-6-4-2/h12,14,16,18H,3-11,13,15,17H2,1-2H3/q+1. The number of pyridine rings is 1. The third kappa shape index (κ3) is 7.67. The molecule has 20 heavy (non-hydrogen) atoms. The number of nitrogens with zero attached hydrogens (tertiary/aromatic N) is 1. The smallest absolute Gasteiger partial charge is 0.181 e. The Bertz CT molecular complexity index is 299. The molecule has 0 unspecified atom stereocenters. The molecule has 1 heteroatoms. The second-order valence-electron chi connectivity index (χ2n) is 5.96. The number of aryl methyl sites for hydroxylation is 2. The highest BCUT2D eigenvalue weighted by Gasteiger charge is 2.08. The Labute approximate surface area is 126 Å². The number of rotatable bonds is 12. The van der Waals surface area contributed by atoms with Gasteiger partial charge < -0.3 is 0 Å². The van der Waals surface area contributed by atoms with Crippen molar-refractivity contribution in [3.63, 3.8) is 0 Å². The van der Waals surface area contributed by atoms with Gasteiger partial charge in [0.15, 0.2) is 11.9 Å². The quantitative estimate of drug-likeness (QED) is 0.353. The maximum absolute atomic E-state index is 2.48. The van der Waals surface area contributed by atoms with Crippen molar-refractivity contribution in [3.05, 3.63) is 30.1 Å². The van der Waals surface area contributed by atoms with Crippen molar-refractivity contribution < 1.29 is 4.57 Å². The lowest BCUT2D eigenvalue weighted by Crippen LogP contribution is -2.37. The average Bonchev–Trinajstić information content (AvgIpc) is 2.48. The fraction of sp³-hybridized carbons (Fsp3) is 0.737. The molecule has 0 aromatic carbocycles. The van der Waals surface area contributed by atoms with Crippen LogP contribution in [0, 0.1) is 0 Å². The molecule has 0 spiro atoms. The Kier molecular flexibility index (Phi) is 10.3. The van der Waals surface area contributed by atoms with E-state index in [1.165, 1.54) is 82.9 Å². The SMILES string of the molecule is CCCCCCCc1cccc[n+]1CCCCCCC. The molecule has 1 aromatic heterocycles. The van der Waals surface area contributed by atoms with Gasteiger partial charge in [0.25, 0.3) is 0 Å². The summed E-state index contributed by atoms with van der Waals surface area (Å²) in [6, 6.07) is 6.67. The largest absolute Gasteiger partial charge is 0.202 e. The van der Waals surface area contributed by atoms with Gasteiger partial charge in [0.1, 0.15) is 6.54 Å². The fourth-order valence-electron chi connectivity index (χ4n) is 2.75. The van der Waals surface area contributed by atoms with E-state index in [0.29, 0.717) is 0 Å². The Morgan fingerprint density at radius 1 is 0.750 bits per heavy atom. The molecule has 0 N–H and O–H groups in total. The van der Waals surface area contributed by atoms with E-state index < -0.39 is 0 Å². The lowest BCUT2D eigenvalue weighted by Gasteiger charge is -2.04. The number of hydrogen-bond acceptors (Lipinski definition) is 0. The van der Waals surface area contributed by atoms with Crippen molar-refractivity contribution in [2.24, 2.45) is 0 Å². The normalized spacial score (nSPS) is 10.9. The highest BCUT2D eigenvalue weighted by atomic mass is 14.9. The third-order valence-corrected chi connectivity index (χ3v) is 4.07. The summed E-state index contributed by atoms with van der Waals surface area (Å²) in [4.78, 5) is 0. The molecule has 1 nitrogen and oxygen atoms in total. The molecule has 0 atom stereocenters. The van der Waals surface area contributed by atoms with Gasteiger partial charge in [-0.25, -0.2) is 4.57 Å². The van der Waals surface area contributed by atoms with Crippen molar-refractivity contribution in [2.75, 3.05) is 0 Å². The van der Waals surface area contributed by atoms with Crippen LogP contribution in [0.3, 0.4) is 0 Å². The number of aromatic nitrogens is 1. The van der Waals surface area contributed by atoms with E-state index in [-0.39, 0.29) is 0 Å². The van der Waals surface area contributed by atoms with E-state index in [1.54, 1.807) is 0 Å². The third-order valence-electron chi connectivity index (χ3n) is 4.07. The van der Waals surface area contributed by atoms with E-state index in [4.69, 9.17) is 0 Å². The van der Waals surface area contributed by atoms with Crippen LogP contribution in [0.25, 0.3) is 0 Å². The zero-order valence-electron chi connectivity index (χ0n) is 13.7. The highest BCUT2D eigenvalue weighted by Crippen LogP contribution is 2.07. The number of hydrogen-bond donors (Lipinski definition) is 0. The van der Waals surface area contributed by atoms with Gasteiger partial charge in [0.05, 0.1) is 0 Å². The molecule has 0 aliphatic rings. The highest BCUT2D eigenvalue weighted by molar-refractivity contribution is 4.97. The molecule has 0 bridgehead atoms. The van der Waals surface area contributed by atoms with Crippen molar-refractivity contribution >= 4 is 0 Å². The Morgan fingerprint density at radius 3 is 2.10 bits per heavy atom. The molecule has 1 aromatic rings. The van der Waals surface area contributed by atoms with E-state index in [9.17, 15) is 0 Å². The van der Waals surface area contributed by atoms with Gasteiger partial charge in [0, 0.05) is 25.0 Å². The van der Waals surface area contributed by atoms with Crippen LogP contribution in [0.5, 0.6) is 0 Å². The lowest BCUT2D eigenvalue weighted by molar-refractivity contribution is -0.704. The van der Waals surface area contributed by atoms with Crippen LogP contribution in [0.15, 0.2) is 24.4 Å². The molecule has 0 saturated heterocycles. The van der Waals surface area contributed by atoms with Gasteiger partial charge in [-0.1, -0.05) is 64.9 Å². The van der Waals surface area contributed by atoms with Crippen LogP contribution in [0.1, 0.15) is 83.7 Å². The summed E-state index contributed by atoms with van der Waals surface area (Å²) in [5.74, 6) is 0. The maximum atomic E-state index is 2.48. The van der Waals surface area contributed by atoms with Crippen molar-refractivity contribution in [2.45, 2.75) is 91.0 Å². The molecule has 0 saturated carbocycles. The molecule has 1 rings (SSSR count). The van der Waals surface area contributed by atoms with E-state index >= 15 is 0 Å².